The molecule has 138 valence electrons. The van der Waals surface area contributed by atoms with Gasteiger partial charge in [-0.15, -0.1) is 10.8 Å². The van der Waals surface area contributed by atoms with E-state index in [2.05, 4.69) is 10.3 Å². The van der Waals surface area contributed by atoms with Gasteiger partial charge in [-0.3, -0.25) is 0 Å². The van der Waals surface area contributed by atoms with Crippen LogP contribution in [-0.2, 0) is 16.6 Å². The molecular weight excluding hydrogens is 384 g/mol. The molecule has 0 atom stereocenters. The average molecular weight is 400 g/mol. The van der Waals surface area contributed by atoms with Crippen LogP contribution < -0.4 is 14.3 Å². The molecule has 6 nitrogen and oxygen atoms in total. The minimum atomic E-state index is -3.85. The van der Waals surface area contributed by atoms with Crippen molar-refractivity contribution in [3.63, 3.8) is 0 Å². The Labute approximate surface area is 160 Å². The molecule has 0 saturated carbocycles. The molecule has 0 saturated heterocycles. The van der Waals surface area contributed by atoms with Gasteiger partial charge in [-0.05, 0) is 19.1 Å². The van der Waals surface area contributed by atoms with E-state index in [1.54, 1.807) is 28.8 Å². The van der Waals surface area contributed by atoms with Crippen LogP contribution in [0.4, 0.5) is 0 Å². The van der Waals surface area contributed by atoms with Crippen molar-refractivity contribution in [1.82, 2.24) is 4.57 Å². The number of aromatic nitrogens is 1. The van der Waals surface area contributed by atoms with Crippen LogP contribution in [0, 0.1) is 19.3 Å². The number of hydrogen-bond donors (Lipinski definition) is 0. The van der Waals surface area contributed by atoms with Crippen molar-refractivity contribution in [1.29, 1.82) is 0 Å². The Bertz CT molecular complexity index is 1230. The quantitative estimate of drug-likeness (QED) is 0.634. The third-order valence-corrected chi connectivity index (χ3v) is 6.55. The van der Waals surface area contributed by atoms with E-state index < -0.39 is 10.0 Å². The Kier molecular flexibility index (Phi) is 4.42. The van der Waals surface area contributed by atoms with Gasteiger partial charge in [0, 0.05) is 12.1 Å². The summed E-state index contributed by atoms with van der Waals surface area (Å²) in [5, 5.41) is 0. The molecule has 0 aliphatic carbocycles. The Balaban J connectivity index is 1.92. The van der Waals surface area contributed by atoms with Gasteiger partial charge >= 0.3 is 0 Å². The molecule has 8 heteroatoms. The van der Waals surface area contributed by atoms with Gasteiger partial charge in [0.25, 0.3) is 10.0 Å². The minimum Gasteiger partial charge on any atom is -0.486 e. The molecule has 1 aromatic heterocycles. The number of ether oxygens (including phenoxy) is 2. The third kappa shape index (κ3) is 3.31. The van der Waals surface area contributed by atoms with Gasteiger partial charge in [-0.1, -0.05) is 35.0 Å². The minimum absolute atomic E-state index is 0.142. The van der Waals surface area contributed by atoms with E-state index in [-0.39, 0.29) is 11.4 Å². The van der Waals surface area contributed by atoms with Crippen molar-refractivity contribution in [2.75, 3.05) is 13.2 Å². The Morgan fingerprint density at radius 3 is 2.52 bits per heavy atom. The van der Waals surface area contributed by atoms with Crippen LogP contribution in [0.15, 0.2) is 45.7 Å². The first-order valence-electron chi connectivity index (χ1n) is 8.22. The largest absolute Gasteiger partial charge is 0.486 e. The second-order valence-corrected chi connectivity index (χ2v) is 8.63. The summed E-state index contributed by atoms with van der Waals surface area (Å²) in [6.45, 7) is 3.04. The molecule has 0 spiro atoms. The molecule has 1 aliphatic rings. The van der Waals surface area contributed by atoms with Gasteiger partial charge in [0.05, 0.1) is 21.7 Å². The van der Waals surface area contributed by atoms with E-state index in [0.717, 1.165) is 15.8 Å². The lowest BCUT2D eigenvalue weighted by Gasteiger charge is -2.18. The number of nitrogens with zero attached hydrogens (tertiary/aromatic N) is 2. The van der Waals surface area contributed by atoms with E-state index >= 15 is 0 Å². The monoisotopic (exact) mass is 400 g/mol. The lowest BCUT2D eigenvalue weighted by Crippen LogP contribution is -2.17. The lowest BCUT2D eigenvalue weighted by atomic mass is 10.2. The highest BCUT2D eigenvalue weighted by molar-refractivity contribution is 7.90. The van der Waals surface area contributed by atoms with E-state index in [9.17, 15) is 8.42 Å². The molecular formula is C19H16N2O4S2. The van der Waals surface area contributed by atoms with E-state index in [1.165, 1.54) is 11.3 Å². The summed E-state index contributed by atoms with van der Waals surface area (Å²) in [5.41, 5.74) is 1.74. The van der Waals surface area contributed by atoms with Crippen LogP contribution in [0.1, 0.15) is 5.56 Å². The van der Waals surface area contributed by atoms with E-state index in [1.807, 2.05) is 19.1 Å². The van der Waals surface area contributed by atoms with Crippen LogP contribution in [0.3, 0.4) is 0 Å². The van der Waals surface area contributed by atoms with Crippen LogP contribution in [0.5, 0.6) is 11.5 Å². The topological polar surface area (TPSA) is 69.9 Å². The number of hydrogen-bond acceptors (Lipinski definition) is 5. The number of rotatable bonds is 3. The second kappa shape index (κ2) is 6.76. The van der Waals surface area contributed by atoms with Crippen LogP contribution in [0.25, 0.3) is 10.2 Å². The Morgan fingerprint density at radius 1 is 1.19 bits per heavy atom. The molecule has 1 aliphatic heterocycles. The predicted molar refractivity (Wildman–Crippen MR) is 104 cm³/mol. The number of thiazole rings is 1. The number of aryl methyl sites for hydroxylation is 1. The first-order chi connectivity index (χ1) is 13.0. The number of sulfonamides is 1. The maximum atomic E-state index is 12.7. The van der Waals surface area contributed by atoms with Crippen LogP contribution in [-0.4, -0.2) is 26.2 Å². The second-order valence-electron chi connectivity index (χ2n) is 6.02. The van der Waals surface area contributed by atoms with Crippen molar-refractivity contribution in [3.05, 3.63) is 46.8 Å². The van der Waals surface area contributed by atoms with E-state index in [4.69, 9.17) is 15.9 Å². The van der Waals surface area contributed by atoms with Gasteiger partial charge in [0.15, 0.2) is 11.5 Å². The average Bonchev–Trinajstić information content (AvgIpc) is 2.96. The smallest absolute Gasteiger partial charge is 0.285 e. The fraction of sp³-hybridized carbons (Fsp3) is 0.211. The fourth-order valence-electron chi connectivity index (χ4n) is 2.79. The zero-order valence-electron chi connectivity index (χ0n) is 14.5. The van der Waals surface area contributed by atoms with E-state index in [0.29, 0.717) is 29.5 Å². The highest BCUT2D eigenvalue weighted by Crippen LogP contribution is 2.35. The molecule has 27 heavy (non-hydrogen) atoms. The maximum absolute atomic E-state index is 12.7. The number of terminal acetylenes is 1. The summed E-state index contributed by atoms with van der Waals surface area (Å²) in [6, 6.07) is 10.2. The lowest BCUT2D eigenvalue weighted by molar-refractivity contribution is 0.172. The summed E-state index contributed by atoms with van der Waals surface area (Å²) >= 11 is 1.25. The zero-order valence-corrected chi connectivity index (χ0v) is 16.1. The molecule has 0 N–H and O–H groups in total. The molecule has 2 aromatic carbocycles. The van der Waals surface area contributed by atoms with Gasteiger partial charge in [-0.2, -0.15) is 8.42 Å². The molecule has 0 amide bonds. The maximum Gasteiger partial charge on any atom is 0.285 e. The summed E-state index contributed by atoms with van der Waals surface area (Å²) in [7, 11) is -3.85. The van der Waals surface area contributed by atoms with Crippen molar-refractivity contribution < 1.29 is 17.9 Å². The molecule has 0 radical (unpaired) electrons. The summed E-state index contributed by atoms with van der Waals surface area (Å²) in [6.07, 6.45) is 5.50. The molecule has 0 fully saturated rings. The highest BCUT2D eigenvalue weighted by atomic mass is 32.2. The first kappa shape index (κ1) is 17.6. The van der Waals surface area contributed by atoms with Crippen molar-refractivity contribution >= 4 is 31.6 Å². The van der Waals surface area contributed by atoms with Crippen LogP contribution in [0.2, 0.25) is 0 Å². The summed E-state index contributed by atoms with van der Waals surface area (Å²) in [4.78, 5) is 0.453. The molecule has 3 aromatic rings. The standard InChI is InChI=1S/C19H16N2O4S2/c1-3-8-21-15-11-16-17(25-10-9-24-16)12-18(15)26-19(21)20-27(22,23)14-6-4-13(2)5-7-14/h1,4-7,11-12H,8-10H2,2H3. The zero-order chi connectivity index (χ0) is 19.0. The highest BCUT2D eigenvalue weighted by Gasteiger charge is 2.18. The van der Waals surface area contributed by atoms with Crippen LogP contribution >= 0.6 is 11.3 Å². The molecule has 0 bridgehead atoms. The fourth-order valence-corrected chi connectivity index (χ4v) is 5.03. The Morgan fingerprint density at radius 2 is 1.85 bits per heavy atom. The van der Waals surface area contributed by atoms with Crippen molar-refractivity contribution in [3.8, 4) is 23.8 Å². The molecule has 4 rings (SSSR count). The van der Waals surface area contributed by atoms with Gasteiger partial charge in [0.2, 0.25) is 4.80 Å². The number of fused-ring (bicyclic) bond motifs is 2. The summed E-state index contributed by atoms with van der Waals surface area (Å²) in [5.74, 6) is 3.81. The van der Waals surface area contributed by atoms with Gasteiger partial charge in [0.1, 0.15) is 13.2 Å². The number of benzene rings is 2. The third-order valence-electron chi connectivity index (χ3n) is 4.11. The first-order valence-corrected chi connectivity index (χ1v) is 10.5. The van der Waals surface area contributed by atoms with Gasteiger partial charge in [-0.25, -0.2) is 0 Å². The Hall–Kier alpha value is -2.76. The normalized spacial score (nSPS) is 14.3. The van der Waals surface area contributed by atoms with Crippen molar-refractivity contribution in [2.24, 2.45) is 4.40 Å². The molecule has 0 unspecified atom stereocenters. The molecule has 2 heterocycles. The SMILES string of the molecule is C#CCn1c(=NS(=O)(=O)c2ccc(C)cc2)sc2cc3c(cc21)OCCO3. The summed E-state index contributed by atoms with van der Waals surface area (Å²) < 4.78 is 43.3. The van der Waals surface area contributed by atoms with Gasteiger partial charge < -0.3 is 14.0 Å². The predicted octanol–water partition coefficient (Wildman–Crippen LogP) is 2.71. The van der Waals surface area contributed by atoms with Crippen molar-refractivity contribution in [2.45, 2.75) is 18.4 Å².